The average Bonchev–Trinajstić information content (AvgIpc) is 2.97. The van der Waals surface area contributed by atoms with Crippen molar-refractivity contribution in [3.8, 4) is 0 Å². The summed E-state index contributed by atoms with van der Waals surface area (Å²) >= 11 is 1.68. The predicted octanol–water partition coefficient (Wildman–Crippen LogP) is 6.21. The second kappa shape index (κ2) is 8.64. The Hall–Kier alpha value is -0.603. The number of hydrogen-bond acceptors (Lipinski definition) is 5. The van der Waals surface area contributed by atoms with Crippen LogP contribution in [-0.4, -0.2) is 18.2 Å². The summed E-state index contributed by atoms with van der Waals surface area (Å²) in [5.74, 6) is 0.255. The first-order chi connectivity index (χ1) is 12.7. The Morgan fingerprint density at radius 3 is 2.14 bits per heavy atom. The molecule has 0 amide bonds. The summed E-state index contributed by atoms with van der Waals surface area (Å²) in [6, 6.07) is 9.06. The van der Waals surface area contributed by atoms with Crippen molar-refractivity contribution in [1.82, 2.24) is 0 Å². The Morgan fingerprint density at radius 1 is 1.07 bits per heavy atom. The van der Waals surface area contributed by atoms with E-state index in [1.165, 1.54) is 0 Å². The van der Waals surface area contributed by atoms with Gasteiger partial charge in [0.1, 0.15) is 0 Å². The Labute approximate surface area is 180 Å². The molecule has 0 atom stereocenters. The van der Waals surface area contributed by atoms with Crippen molar-refractivity contribution in [2.45, 2.75) is 81.7 Å². The second-order valence-electron chi connectivity index (χ2n) is 9.20. The molecule has 0 bridgehead atoms. The molecule has 3 nitrogen and oxygen atoms in total. The highest BCUT2D eigenvalue weighted by molar-refractivity contribution is 8.72. The first-order valence-electron chi connectivity index (χ1n) is 9.50. The van der Waals surface area contributed by atoms with E-state index in [4.69, 9.17) is 4.43 Å². The van der Waals surface area contributed by atoms with E-state index < -0.39 is 24.2 Å². The fourth-order valence-electron chi connectivity index (χ4n) is 2.49. The van der Waals surface area contributed by atoms with Gasteiger partial charge in [-0.05, 0) is 49.9 Å². The molecule has 0 saturated carbocycles. The molecule has 0 radical (unpaired) electrons. The molecular formula is C21H32O3S3Si. The molecule has 0 saturated heterocycles. The molecule has 0 aliphatic heterocycles. The molecule has 7 heteroatoms. The van der Waals surface area contributed by atoms with Crippen molar-refractivity contribution in [1.29, 1.82) is 0 Å². The van der Waals surface area contributed by atoms with Crippen molar-refractivity contribution in [3.63, 3.8) is 0 Å². The highest BCUT2D eigenvalue weighted by Crippen LogP contribution is 2.44. The third-order valence-corrected chi connectivity index (χ3v) is 11.2. The summed E-state index contributed by atoms with van der Waals surface area (Å²) in [5, 5.41) is 0.210. The highest BCUT2D eigenvalue weighted by atomic mass is 33.1. The van der Waals surface area contributed by atoms with Gasteiger partial charge in [0.05, 0.1) is 10.5 Å². The zero-order valence-electron chi connectivity index (χ0n) is 18.1. The molecule has 0 spiro atoms. The van der Waals surface area contributed by atoms with Crippen LogP contribution in [0, 0.1) is 6.92 Å². The summed E-state index contributed by atoms with van der Waals surface area (Å²) in [6.07, 6.45) is 0. The van der Waals surface area contributed by atoms with Crippen molar-refractivity contribution >= 4 is 40.8 Å². The largest absolute Gasteiger partial charge is 0.414 e. The quantitative estimate of drug-likeness (QED) is 0.367. The maximum absolute atomic E-state index is 12.9. The lowest BCUT2D eigenvalue weighted by Gasteiger charge is -2.29. The van der Waals surface area contributed by atoms with Crippen LogP contribution in [0.4, 0.5) is 0 Å². The summed E-state index contributed by atoms with van der Waals surface area (Å²) in [7, 11) is -3.22. The molecule has 2 aromatic rings. The van der Waals surface area contributed by atoms with E-state index in [2.05, 4.69) is 48.5 Å². The van der Waals surface area contributed by atoms with Gasteiger partial charge in [0, 0.05) is 25.4 Å². The fourth-order valence-corrected chi connectivity index (χ4v) is 8.17. The molecule has 28 heavy (non-hydrogen) atoms. The number of aryl methyl sites for hydroxylation is 1. The first-order valence-corrected chi connectivity index (χ1v) is 14.4. The third-order valence-electron chi connectivity index (χ3n) is 4.22. The second-order valence-corrected chi connectivity index (χ2v) is 16.8. The smallest absolute Gasteiger partial charge is 0.234 e. The monoisotopic (exact) mass is 456 g/mol. The molecule has 0 unspecified atom stereocenters. The van der Waals surface area contributed by atoms with E-state index in [1.807, 2.05) is 25.1 Å². The van der Waals surface area contributed by atoms with E-state index in [0.717, 1.165) is 31.0 Å². The maximum Gasteiger partial charge on any atom is 0.234 e. The molecule has 156 valence electrons. The molecule has 0 aliphatic rings. The van der Waals surface area contributed by atoms with Gasteiger partial charge >= 0.3 is 0 Å². The maximum atomic E-state index is 12.9. The number of thiophene rings is 1. The van der Waals surface area contributed by atoms with Crippen LogP contribution in [0.5, 0.6) is 0 Å². The van der Waals surface area contributed by atoms with Crippen LogP contribution in [0.25, 0.3) is 0 Å². The van der Waals surface area contributed by atoms with Crippen LogP contribution in [0.15, 0.2) is 40.1 Å². The Bertz CT molecular complexity index is 905. The summed E-state index contributed by atoms with van der Waals surface area (Å²) in [6.45, 7) is 17.0. The van der Waals surface area contributed by atoms with Crippen LogP contribution in [-0.2, 0) is 18.9 Å². The minimum atomic E-state index is -3.46. The average molecular weight is 457 g/mol. The summed E-state index contributed by atoms with van der Waals surface area (Å²) in [5.41, 5.74) is 0.645. The molecule has 1 aromatic carbocycles. The first kappa shape index (κ1) is 23.7. The van der Waals surface area contributed by atoms with Gasteiger partial charge in [-0.15, -0.1) is 11.3 Å². The minimum absolute atomic E-state index is 0.210. The molecule has 0 fully saturated rings. The highest BCUT2D eigenvalue weighted by Gasteiger charge is 2.30. The number of rotatable bonds is 7. The van der Waals surface area contributed by atoms with Crippen LogP contribution < -0.4 is 0 Å². The predicted molar refractivity (Wildman–Crippen MR) is 125 cm³/mol. The van der Waals surface area contributed by atoms with Gasteiger partial charge in [-0.2, -0.15) is 0 Å². The SMILES string of the molecule is Cc1ccc(S(=O)(=O)Sc2cc(C(C)(C)O[SiH2]C(C)(C)C)sc2C(C)C)cc1. The topological polar surface area (TPSA) is 43.4 Å². The Morgan fingerprint density at radius 2 is 1.64 bits per heavy atom. The molecule has 1 aromatic heterocycles. The van der Waals surface area contributed by atoms with Crippen molar-refractivity contribution < 1.29 is 12.8 Å². The Kier molecular flexibility index (Phi) is 7.30. The van der Waals surface area contributed by atoms with Crippen molar-refractivity contribution in [3.05, 3.63) is 45.6 Å². The van der Waals surface area contributed by atoms with Gasteiger partial charge in [0.15, 0.2) is 9.76 Å². The van der Waals surface area contributed by atoms with Gasteiger partial charge in [0.25, 0.3) is 0 Å². The summed E-state index contributed by atoms with van der Waals surface area (Å²) < 4.78 is 32.2. The normalized spacial score (nSPS) is 13.8. The lowest BCUT2D eigenvalue weighted by Crippen LogP contribution is -2.26. The molecule has 1 heterocycles. The minimum Gasteiger partial charge on any atom is -0.414 e. The van der Waals surface area contributed by atoms with E-state index in [0.29, 0.717) is 4.90 Å². The third kappa shape index (κ3) is 6.20. The van der Waals surface area contributed by atoms with Crippen molar-refractivity contribution in [2.24, 2.45) is 0 Å². The fraction of sp³-hybridized carbons (Fsp3) is 0.524. The lowest BCUT2D eigenvalue weighted by molar-refractivity contribution is 0.113. The van der Waals surface area contributed by atoms with E-state index in [1.54, 1.807) is 23.5 Å². The van der Waals surface area contributed by atoms with Crippen LogP contribution in [0.1, 0.15) is 69.7 Å². The Balaban J connectivity index is 2.35. The number of hydrogen-bond donors (Lipinski definition) is 0. The van der Waals surface area contributed by atoms with Crippen LogP contribution in [0.2, 0.25) is 5.04 Å². The van der Waals surface area contributed by atoms with Crippen LogP contribution in [0.3, 0.4) is 0 Å². The standard InChI is InChI=1S/C21H32O3S3Si/c1-14(2)19-17(26-27(22,23)16-11-9-15(3)10-12-16)13-18(25-19)21(7,8)24-28-20(4,5)6/h9-14H,28H2,1-8H3. The molecule has 0 aliphatic carbocycles. The van der Waals surface area contributed by atoms with E-state index >= 15 is 0 Å². The number of benzene rings is 1. The molecule has 2 rings (SSSR count). The van der Waals surface area contributed by atoms with Gasteiger partial charge in [-0.25, -0.2) is 8.42 Å². The zero-order chi connectivity index (χ0) is 21.3. The van der Waals surface area contributed by atoms with Crippen molar-refractivity contribution in [2.75, 3.05) is 0 Å². The van der Waals surface area contributed by atoms with E-state index in [-0.39, 0.29) is 11.0 Å². The molecule has 0 N–H and O–H groups in total. The van der Waals surface area contributed by atoms with Gasteiger partial charge in [-0.3, -0.25) is 0 Å². The summed E-state index contributed by atoms with van der Waals surface area (Å²) in [4.78, 5) is 3.37. The lowest BCUT2D eigenvalue weighted by atomic mass is 10.1. The van der Waals surface area contributed by atoms with E-state index in [9.17, 15) is 8.42 Å². The zero-order valence-corrected chi connectivity index (χ0v) is 22.0. The van der Waals surface area contributed by atoms with Gasteiger partial charge in [-0.1, -0.05) is 52.3 Å². The van der Waals surface area contributed by atoms with Gasteiger partial charge < -0.3 is 4.43 Å². The van der Waals surface area contributed by atoms with Crippen LogP contribution >= 0.6 is 22.1 Å². The molecular weight excluding hydrogens is 425 g/mol. The van der Waals surface area contributed by atoms with Gasteiger partial charge in [0.2, 0.25) is 8.87 Å².